The highest BCUT2D eigenvalue weighted by molar-refractivity contribution is 5.89. The van der Waals surface area contributed by atoms with Gasteiger partial charge in [0.25, 0.3) is 0 Å². The smallest absolute Gasteiger partial charge is 0.373 e. The van der Waals surface area contributed by atoms with Gasteiger partial charge >= 0.3 is 6.18 Å². The highest BCUT2D eigenvalue weighted by Crippen LogP contribution is 2.59. The standard InChI is InChI=1S/C16H20F4O4/c1-8(16(18,19)20)4-5-10-14(2,24-10)13-12(22-3)11(21)9(17)6-15(13)7-23-15/h4,9-10,12-13H,5-7H2,1-3H3/b8-4+/t9-,10?,12-,13-,14?,15+/m1/s1. The number of Topliss-reactive ketones (excluding diaryl/α,β-unsaturated/α-hetero) is 1. The zero-order chi connectivity index (χ0) is 17.9. The van der Waals surface area contributed by atoms with Gasteiger partial charge in [0, 0.05) is 19.1 Å². The van der Waals surface area contributed by atoms with Crippen molar-refractivity contribution in [1.29, 1.82) is 0 Å². The summed E-state index contributed by atoms with van der Waals surface area (Å²) in [5, 5.41) is 0. The van der Waals surface area contributed by atoms with Gasteiger partial charge in [-0.3, -0.25) is 4.79 Å². The van der Waals surface area contributed by atoms with Gasteiger partial charge in [-0.2, -0.15) is 13.2 Å². The molecule has 3 aliphatic rings. The molecule has 24 heavy (non-hydrogen) atoms. The van der Waals surface area contributed by atoms with Gasteiger partial charge in [-0.25, -0.2) is 4.39 Å². The number of carbonyl (C=O) groups is 1. The van der Waals surface area contributed by atoms with Gasteiger partial charge < -0.3 is 14.2 Å². The van der Waals surface area contributed by atoms with Gasteiger partial charge in [0.2, 0.25) is 0 Å². The van der Waals surface area contributed by atoms with Crippen LogP contribution in [0.25, 0.3) is 0 Å². The molecule has 1 spiro atoms. The number of hydrogen-bond acceptors (Lipinski definition) is 4. The number of carbonyl (C=O) groups excluding carboxylic acids is 1. The van der Waals surface area contributed by atoms with Gasteiger partial charge in [-0.15, -0.1) is 0 Å². The minimum Gasteiger partial charge on any atom is -0.373 e. The van der Waals surface area contributed by atoms with Crippen LogP contribution in [0.2, 0.25) is 0 Å². The van der Waals surface area contributed by atoms with Gasteiger partial charge in [0.05, 0.1) is 18.6 Å². The van der Waals surface area contributed by atoms with Crippen LogP contribution in [0.15, 0.2) is 11.6 Å². The van der Waals surface area contributed by atoms with Crippen LogP contribution < -0.4 is 0 Å². The van der Waals surface area contributed by atoms with Crippen LogP contribution in [0.5, 0.6) is 0 Å². The molecule has 2 unspecified atom stereocenters. The van der Waals surface area contributed by atoms with Crippen molar-refractivity contribution in [1.82, 2.24) is 0 Å². The van der Waals surface area contributed by atoms with Gasteiger partial charge in [-0.05, 0) is 20.3 Å². The van der Waals surface area contributed by atoms with E-state index in [-0.39, 0.29) is 12.8 Å². The molecule has 1 aliphatic carbocycles. The van der Waals surface area contributed by atoms with Crippen LogP contribution >= 0.6 is 0 Å². The second-order valence-electron chi connectivity index (χ2n) is 6.97. The average molecular weight is 352 g/mol. The zero-order valence-electron chi connectivity index (χ0n) is 13.7. The van der Waals surface area contributed by atoms with Crippen LogP contribution in [0.1, 0.15) is 26.7 Å². The Morgan fingerprint density at radius 3 is 2.58 bits per heavy atom. The number of halogens is 4. The van der Waals surface area contributed by atoms with Crippen molar-refractivity contribution in [2.45, 2.75) is 62.4 Å². The average Bonchev–Trinajstić information content (AvgIpc) is 3.38. The summed E-state index contributed by atoms with van der Waals surface area (Å²) in [4.78, 5) is 12.1. The predicted molar refractivity (Wildman–Crippen MR) is 75.2 cm³/mol. The molecule has 2 saturated heterocycles. The summed E-state index contributed by atoms with van der Waals surface area (Å²) in [6, 6.07) is 0. The quantitative estimate of drug-likeness (QED) is 0.444. The molecule has 0 aromatic rings. The first-order valence-corrected chi connectivity index (χ1v) is 7.81. The van der Waals surface area contributed by atoms with Crippen molar-refractivity contribution in [3.05, 3.63) is 11.6 Å². The molecule has 3 fully saturated rings. The Morgan fingerprint density at radius 2 is 2.08 bits per heavy atom. The molecule has 0 aromatic heterocycles. The Balaban J connectivity index is 1.77. The van der Waals surface area contributed by atoms with Crippen molar-refractivity contribution < 1.29 is 36.6 Å². The van der Waals surface area contributed by atoms with Crippen molar-refractivity contribution in [2.24, 2.45) is 5.92 Å². The van der Waals surface area contributed by atoms with E-state index < -0.39 is 53.0 Å². The normalized spacial score (nSPS) is 45.6. The highest BCUT2D eigenvalue weighted by atomic mass is 19.4. The molecular formula is C16H20F4O4. The largest absolute Gasteiger partial charge is 0.412 e. The number of epoxide rings is 2. The Morgan fingerprint density at radius 1 is 1.46 bits per heavy atom. The van der Waals surface area contributed by atoms with E-state index >= 15 is 0 Å². The summed E-state index contributed by atoms with van der Waals surface area (Å²) < 4.78 is 68.0. The monoisotopic (exact) mass is 352 g/mol. The van der Waals surface area contributed by atoms with Gasteiger partial charge in [0.1, 0.15) is 17.3 Å². The maximum absolute atomic E-state index is 13.9. The lowest BCUT2D eigenvalue weighted by molar-refractivity contribution is -0.150. The minimum atomic E-state index is -4.37. The summed E-state index contributed by atoms with van der Waals surface area (Å²) in [7, 11) is 1.32. The lowest BCUT2D eigenvalue weighted by atomic mass is 9.68. The van der Waals surface area contributed by atoms with Crippen LogP contribution in [-0.2, 0) is 19.0 Å². The first kappa shape index (κ1) is 17.8. The molecule has 0 radical (unpaired) electrons. The van der Waals surface area contributed by atoms with Gasteiger partial charge in [-0.1, -0.05) is 6.08 Å². The van der Waals surface area contributed by atoms with Crippen molar-refractivity contribution >= 4 is 5.78 Å². The summed E-state index contributed by atoms with van der Waals surface area (Å²) in [5.74, 6) is -1.18. The molecule has 2 aliphatic heterocycles. The number of ketones is 1. The van der Waals surface area contributed by atoms with Crippen molar-refractivity contribution in [3.63, 3.8) is 0 Å². The third kappa shape index (κ3) is 2.78. The second-order valence-corrected chi connectivity index (χ2v) is 6.97. The fourth-order valence-corrected chi connectivity index (χ4v) is 3.84. The molecule has 3 rings (SSSR count). The third-order valence-electron chi connectivity index (χ3n) is 5.43. The predicted octanol–water partition coefficient (Wildman–Crippen LogP) is 2.75. The van der Waals surface area contributed by atoms with Gasteiger partial charge in [0.15, 0.2) is 12.0 Å². The van der Waals surface area contributed by atoms with E-state index in [9.17, 15) is 22.4 Å². The fourth-order valence-electron chi connectivity index (χ4n) is 3.84. The molecule has 1 saturated carbocycles. The molecule has 8 heteroatoms. The summed E-state index contributed by atoms with van der Waals surface area (Å²) in [6.07, 6.45) is -6.43. The van der Waals surface area contributed by atoms with Crippen molar-refractivity contribution in [3.8, 4) is 0 Å². The lowest BCUT2D eigenvalue weighted by Crippen LogP contribution is -2.56. The molecule has 4 nitrogen and oxygen atoms in total. The fraction of sp³-hybridized carbons (Fsp3) is 0.812. The lowest BCUT2D eigenvalue weighted by Gasteiger charge is -2.38. The number of alkyl halides is 4. The number of hydrogen-bond donors (Lipinski definition) is 0. The molecule has 0 aromatic carbocycles. The highest BCUT2D eigenvalue weighted by Gasteiger charge is 2.73. The van der Waals surface area contributed by atoms with Crippen LogP contribution in [0.3, 0.4) is 0 Å². The molecule has 136 valence electrons. The van der Waals surface area contributed by atoms with E-state index in [1.54, 1.807) is 6.92 Å². The molecule has 6 atom stereocenters. The Kier molecular flexibility index (Phi) is 4.09. The minimum absolute atomic E-state index is 0.0561. The zero-order valence-corrected chi connectivity index (χ0v) is 13.7. The SMILES string of the molecule is CO[C@@H]1C(=O)[C@H](F)C[C@]2(CO2)[C@H]1C1(C)OC1C/C=C(\C)C(F)(F)F. The maximum Gasteiger partial charge on any atom is 0.412 e. The van der Waals surface area contributed by atoms with Crippen LogP contribution in [0, 0.1) is 5.92 Å². The van der Waals surface area contributed by atoms with Crippen LogP contribution in [-0.4, -0.2) is 55.3 Å². The Hall–Kier alpha value is -0.990. The molecule has 0 amide bonds. The van der Waals surface area contributed by atoms with E-state index in [0.29, 0.717) is 6.61 Å². The summed E-state index contributed by atoms with van der Waals surface area (Å²) >= 11 is 0. The summed E-state index contributed by atoms with van der Waals surface area (Å²) in [6.45, 7) is 3.02. The van der Waals surface area contributed by atoms with Crippen molar-refractivity contribution in [2.75, 3.05) is 13.7 Å². The molecule has 0 N–H and O–H groups in total. The number of ether oxygens (including phenoxy) is 3. The van der Waals surface area contributed by atoms with E-state index in [1.807, 2.05) is 0 Å². The molecular weight excluding hydrogens is 332 g/mol. The Labute approximate surface area is 137 Å². The summed E-state index contributed by atoms with van der Waals surface area (Å²) in [5.41, 5.74) is -2.38. The van der Waals surface area contributed by atoms with E-state index in [1.165, 1.54) is 7.11 Å². The molecule has 0 bridgehead atoms. The Bertz CT molecular complexity index is 569. The van der Waals surface area contributed by atoms with E-state index in [0.717, 1.165) is 13.0 Å². The second kappa shape index (κ2) is 5.51. The third-order valence-corrected chi connectivity index (χ3v) is 5.43. The number of methoxy groups -OCH3 is 1. The first-order valence-electron chi connectivity index (χ1n) is 7.81. The first-order chi connectivity index (χ1) is 11.0. The van der Waals surface area contributed by atoms with Crippen LogP contribution in [0.4, 0.5) is 17.6 Å². The molecule has 2 heterocycles. The number of allylic oxidation sites excluding steroid dienone is 1. The van der Waals surface area contributed by atoms with E-state index in [4.69, 9.17) is 14.2 Å². The topological polar surface area (TPSA) is 51.4 Å². The maximum atomic E-state index is 13.9. The van der Waals surface area contributed by atoms with E-state index in [2.05, 4.69) is 0 Å². The number of rotatable bonds is 4.